The minimum atomic E-state index is -3.87. The lowest BCUT2D eigenvalue weighted by Crippen LogP contribution is -2.42. The molecule has 1 aliphatic rings. The number of benzene rings is 1. The summed E-state index contributed by atoms with van der Waals surface area (Å²) in [7, 11) is -3.87. The first-order valence-corrected chi connectivity index (χ1v) is 8.50. The summed E-state index contributed by atoms with van der Waals surface area (Å²) >= 11 is 0. The van der Waals surface area contributed by atoms with Crippen molar-refractivity contribution in [2.45, 2.75) is 43.5 Å². The van der Waals surface area contributed by atoms with E-state index in [9.17, 15) is 17.9 Å². The summed E-state index contributed by atoms with van der Waals surface area (Å²) in [6, 6.07) is 1.94. The van der Waals surface area contributed by atoms with E-state index in [0.29, 0.717) is 13.0 Å². The molecule has 1 fully saturated rings. The molecule has 7 heteroatoms. The van der Waals surface area contributed by atoms with Crippen LogP contribution in [0.3, 0.4) is 0 Å². The number of aliphatic hydroxyl groups excluding tert-OH is 1. The highest BCUT2D eigenvalue weighted by Crippen LogP contribution is 2.29. The Hall–Kier alpha value is -1.18. The number of hydrogen-bond acceptors (Lipinski definition) is 4. The number of nitrogens with two attached hydrogens (primary N) is 1. The lowest BCUT2D eigenvalue weighted by Gasteiger charge is -2.28. The van der Waals surface area contributed by atoms with Gasteiger partial charge in [0.05, 0.1) is 11.5 Å². The van der Waals surface area contributed by atoms with Crippen LogP contribution >= 0.6 is 0 Å². The Morgan fingerprint density at radius 3 is 2.76 bits per heavy atom. The maximum Gasteiger partial charge on any atom is 0.243 e. The molecule has 1 aromatic carbocycles. The first-order valence-electron chi connectivity index (χ1n) is 7.06. The Labute approximate surface area is 124 Å². The fourth-order valence-electron chi connectivity index (χ4n) is 2.72. The number of nitrogen functional groups attached to an aromatic ring is 1. The van der Waals surface area contributed by atoms with E-state index in [4.69, 9.17) is 5.73 Å². The van der Waals surface area contributed by atoms with Gasteiger partial charge >= 0.3 is 0 Å². The molecule has 0 saturated carbocycles. The number of nitrogens with zero attached hydrogens (tertiary/aromatic N) is 1. The lowest BCUT2D eigenvalue weighted by molar-refractivity contribution is 0.186. The lowest BCUT2D eigenvalue weighted by atomic mass is 10.1. The fraction of sp³-hybridized carbons (Fsp3) is 0.571. The molecule has 0 bridgehead atoms. The summed E-state index contributed by atoms with van der Waals surface area (Å²) in [5.74, 6) is -0.635. The van der Waals surface area contributed by atoms with Gasteiger partial charge in [-0.2, -0.15) is 4.31 Å². The molecular weight excluding hydrogens is 295 g/mol. The van der Waals surface area contributed by atoms with Crippen LogP contribution in [0.1, 0.15) is 31.2 Å². The first-order chi connectivity index (χ1) is 9.87. The van der Waals surface area contributed by atoms with Gasteiger partial charge in [0.25, 0.3) is 0 Å². The number of anilines is 1. The van der Waals surface area contributed by atoms with Crippen LogP contribution in [0.15, 0.2) is 17.0 Å². The maximum atomic E-state index is 13.8. The average molecular weight is 316 g/mol. The first kappa shape index (κ1) is 16.2. The highest BCUT2D eigenvalue weighted by molar-refractivity contribution is 7.89. The van der Waals surface area contributed by atoms with Crippen molar-refractivity contribution < 1.29 is 17.9 Å². The highest BCUT2D eigenvalue weighted by atomic mass is 32.2. The van der Waals surface area contributed by atoms with Crippen LogP contribution in [0.2, 0.25) is 0 Å². The van der Waals surface area contributed by atoms with Crippen molar-refractivity contribution in [2.75, 3.05) is 18.9 Å². The summed E-state index contributed by atoms with van der Waals surface area (Å²) in [6.45, 7) is 1.53. The number of sulfonamides is 1. The van der Waals surface area contributed by atoms with Gasteiger partial charge in [-0.1, -0.05) is 12.8 Å². The van der Waals surface area contributed by atoms with Crippen molar-refractivity contribution in [3.8, 4) is 0 Å². The van der Waals surface area contributed by atoms with Crippen molar-refractivity contribution in [3.05, 3.63) is 23.5 Å². The maximum absolute atomic E-state index is 13.8. The summed E-state index contributed by atoms with van der Waals surface area (Å²) < 4.78 is 40.7. The molecule has 1 heterocycles. The molecule has 1 aromatic rings. The molecule has 0 aromatic heterocycles. The number of halogens is 1. The molecule has 0 amide bonds. The van der Waals surface area contributed by atoms with Gasteiger partial charge in [0, 0.05) is 23.8 Å². The molecule has 21 heavy (non-hydrogen) atoms. The molecule has 0 spiro atoms. The van der Waals surface area contributed by atoms with Crippen LogP contribution < -0.4 is 5.73 Å². The van der Waals surface area contributed by atoms with Crippen LogP contribution in [0.5, 0.6) is 0 Å². The van der Waals surface area contributed by atoms with Crippen LogP contribution in [0.4, 0.5) is 10.1 Å². The van der Waals surface area contributed by atoms with E-state index < -0.39 is 21.9 Å². The number of hydrogen-bond donors (Lipinski definition) is 2. The molecule has 5 nitrogen and oxygen atoms in total. The summed E-state index contributed by atoms with van der Waals surface area (Å²) in [6.07, 6.45) is 3.15. The summed E-state index contributed by atoms with van der Waals surface area (Å²) in [4.78, 5) is -0.111. The molecule has 2 rings (SSSR count). The van der Waals surface area contributed by atoms with E-state index >= 15 is 0 Å². The average Bonchev–Trinajstić information content (AvgIpc) is 2.68. The second kappa shape index (κ2) is 6.29. The van der Waals surface area contributed by atoms with Gasteiger partial charge in [0.1, 0.15) is 5.82 Å². The van der Waals surface area contributed by atoms with Crippen LogP contribution in [-0.2, 0) is 10.0 Å². The minimum absolute atomic E-state index is 0.0603. The van der Waals surface area contributed by atoms with Gasteiger partial charge < -0.3 is 10.8 Å². The van der Waals surface area contributed by atoms with E-state index in [1.165, 1.54) is 17.3 Å². The molecule has 118 valence electrons. The monoisotopic (exact) mass is 316 g/mol. The highest BCUT2D eigenvalue weighted by Gasteiger charge is 2.33. The Morgan fingerprint density at radius 2 is 2.10 bits per heavy atom. The van der Waals surface area contributed by atoms with Gasteiger partial charge in [-0.3, -0.25) is 0 Å². The van der Waals surface area contributed by atoms with E-state index in [0.717, 1.165) is 25.3 Å². The van der Waals surface area contributed by atoms with Crippen LogP contribution in [0, 0.1) is 12.7 Å². The molecule has 1 saturated heterocycles. The van der Waals surface area contributed by atoms with E-state index in [1.807, 2.05) is 0 Å². The largest absolute Gasteiger partial charge is 0.399 e. The van der Waals surface area contributed by atoms with Gasteiger partial charge in [-0.25, -0.2) is 12.8 Å². The van der Waals surface area contributed by atoms with Gasteiger partial charge in [0.2, 0.25) is 10.0 Å². The zero-order valence-corrected chi connectivity index (χ0v) is 12.9. The minimum Gasteiger partial charge on any atom is -0.399 e. The predicted molar refractivity (Wildman–Crippen MR) is 78.8 cm³/mol. The standard InChI is InChI=1S/C14H21FN2O3S/c1-10-13(15)7-11(16)8-14(10)21(19,20)17-6-4-2-3-5-12(17)9-18/h7-8,12,18H,2-6,9,16H2,1H3. The second-order valence-corrected chi connectivity index (χ2v) is 7.29. The number of rotatable bonds is 3. The molecule has 0 aliphatic carbocycles. The molecular formula is C14H21FN2O3S. The Kier molecular flexibility index (Phi) is 4.85. The fourth-order valence-corrected chi connectivity index (χ4v) is 4.67. The second-order valence-electron chi connectivity index (χ2n) is 5.43. The quantitative estimate of drug-likeness (QED) is 0.830. The Balaban J connectivity index is 2.50. The van der Waals surface area contributed by atoms with Crippen LogP contribution in [0.25, 0.3) is 0 Å². The SMILES string of the molecule is Cc1c(F)cc(N)cc1S(=O)(=O)N1CCCCCC1CO. The topological polar surface area (TPSA) is 83.6 Å². The Bertz CT molecular complexity index is 619. The molecule has 1 aliphatic heterocycles. The molecule has 1 unspecified atom stereocenters. The van der Waals surface area contributed by atoms with Gasteiger partial charge in [-0.05, 0) is 31.9 Å². The number of aliphatic hydroxyl groups is 1. The summed E-state index contributed by atoms with van der Waals surface area (Å²) in [5, 5.41) is 9.47. The van der Waals surface area contributed by atoms with E-state index in [-0.39, 0.29) is 22.8 Å². The molecule has 1 atom stereocenters. The van der Waals surface area contributed by atoms with Crippen molar-refractivity contribution >= 4 is 15.7 Å². The zero-order valence-electron chi connectivity index (χ0n) is 12.0. The third-order valence-electron chi connectivity index (χ3n) is 3.94. The van der Waals surface area contributed by atoms with Crippen LogP contribution in [-0.4, -0.2) is 37.0 Å². The molecule has 0 radical (unpaired) electrons. The van der Waals surface area contributed by atoms with Crippen molar-refractivity contribution in [1.29, 1.82) is 0 Å². The van der Waals surface area contributed by atoms with Gasteiger partial charge in [-0.15, -0.1) is 0 Å². The summed E-state index contributed by atoms with van der Waals surface area (Å²) in [5.41, 5.74) is 5.72. The third kappa shape index (κ3) is 3.20. The van der Waals surface area contributed by atoms with E-state index in [2.05, 4.69) is 0 Å². The Morgan fingerprint density at radius 1 is 1.38 bits per heavy atom. The van der Waals surface area contributed by atoms with Crippen molar-refractivity contribution in [2.24, 2.45) is 0 Å². The van der Waals surface area contributed by atoms with Crippen molar-refractivity contribution in [1.82, 2.24) is 4.31 Å². The van der Waals surface area contributed by atoms with E-state index in [1.54, 1.807) is 0 Å². The third-order valence-corrected chi connectivity index (χ3v) is 6.02. The predicted octanol–water partition coefficient (Wildman–Crippen LogP) is 1.64. The zero-order chi connectivity index (χ0) is 15.6. The smallest absolute Gasteiger partial charge is 0.243 e. The van der Waals surface area contributed by atoms with Crippen molar-refractivity contribution in [3.63, 3.8) is 0 Å². The molecule has 3 N–H and O–H groups in total. The normalized spacial score (nSPS) is 21.2. The van der Waals surface area contributed by atoms with Gasteiger partial charge in [0.15, 0.2) is 0 Å².